The molecule has 0 radical (unpaired) electrons. The molecule has 3 nitrogen and oxygen atoms in total. The normalized spacial score (nSPS) is 10.6. The van der Waals surface area contributed by atoms with Crippen molar-refractivity contribution in [3.8, 4) is 11.4 Å². The summed E-state index contributed by atoms with van der Waals surface area (Å²) in [6, 6.07) is 6.60. The topological polar surface area (TPSA) is 45.8 Å². The van der Waals surface area contributed by atoms with E-state index in [1.807, 2.05) is 6.92 Å². The summed E-state index contributed by atoms with van der Waals surface area (Å²) in [7, 11) is 0. The van der Waals surface area contributed by atoms with Crippen LogP contribution >= 0.6 is 23.2 Å². The van der Waals surface area contributed by atoms with Gasteiger partial charge in [0.25, 0.3) is 5.56 Å². The van der Waals surface area contributed by atoms with Crippen LogP contribution in [0.4, 0.5) is 0 Å². The number of aryl methyl sites for hydroxylation is 1. The van der Waals surface area contributed by atoms with E-state index < -0.39 is 0 Å². The van der Waals surface area contributed by atoms with Gasteiger partial charge in [0.1, 0.15) is 5.82 Å². The first-order valence-electron chi connectivity index (χ1n) is 5.65. The van der Waals surface area contributed by atoms with Crippen LogP contribution in [0.15, 0.2) is 29.1 Å². The van der Waals surface area contributed by atoms with Crippen LogP contribution in [0, 0.1) is 0 Å². The second-order valence-electron chi connectivity index (χ2n) is 3.99. The highest BCUT2D eigenvalue weighted by atomic mass is 35.5. The number of nitrogens with zero attached hydrogens (tertiary/aromatic N) is 1. The van der Waals surface area contributed by atoms with Crippen molar-refractivity contribution in [1.82, 2.24) is 9.97 Å². The van der Waals surface area contributed by atoms with Crippen LogP contribution in [0.25, 0.3) is 11.4 Å². The average molecular weight is 283 g/mol. The lowest BCUT2D eigenvalue weighted by Crippen LogP contribution is -2.10. The Morgan fingerprint density at radius 2 is 1.83 bits per heavy atom. The Hall–Kier alpha value is -1.32. The molecule has 1 N–H and O–H groups in total. The maximum Gasteiger partial charge on any atom is 0.251 e. The molecule has 1 aromatic carbocycles. The van der Waals surface area contributed by atoms with Crippen LogP contribution in [0.3, 0.4) is 0 Å². The zero-order valence-corrected chi connectivity index (χ0v) is 11.3. The van der Waals surface area contributed by atoms with Gasteiger partial charge in [-0.3, -0.25) is 4.79 Å². The molecular weight excluding hydrogens is 271 g/mol. The van der Waals surface area contributed by atoms with Gasteiger partial charge in [-0.15, -0.1) is 0 Å². The van der Waals surface area contributed by atoms with Crippen LogP contribution in [-0.2, 0) is 6.42 Å². The lowest BCUT2D eigenvalue weighted by Gasteiger charge is -2.05. The van der Waals surface area contributed by atoms with E-state index in [1.54, 1.807) is 18.2 Å². The summed E-state index contributed by atoms with van der Waals surface area (Å²) >= 11 is 11.9. The number of H-pyrrole nitrogens is 1. The largest absolute Gasteiger partial charge is 0.307 e. The minimum Gasteiger partial charge on any atom is -0.307 e. The Bertz CT molecular complexity index is 602. The SMILES string of the molecule is CCCc1cc(=O)[nH]c(-c2cc(Cl)cc(Cl)c2)n1. The number of nitrogens with one attached hydrogen (secondary N) is 1. The van der Waals surface area contributed by atoms with Crippen molar-refractivity contribution in [2.75, 3.05) is 0 Å². The van der Waals surface area contributed by atoms with Crippen LogP contribution in [0.5, 0.6) is 0 Å². The van der Waals surface area contributed by atoms with E-state index in [0.717, 1.165) is 18.5 Å². The van der Waals surface area contributed by atoms with E-state index in [-0.39, 0.29) is 5.56 Å². The lowest BCUT2D eigenvalue weighted by atomic mass is 10.2. The van der Waals surface area contributed by atoms with Crippen molar-refractivity contribution < 1.29 is 0 Å². The first-order chi connectivity index (χ1) is 8.58. The molecule has 0 spiro atoms. The van der Waals surface area contributed by atoms with Gasteiger partial charge in [0.15, 0.2) is 0 Å². The van der Waals surface area contributed by atoms with Gasteiger partial charge in [-0.2, -0.15) is 0 Å². The predicted octanol–water partition coefficient (Wildman–Crippen LogP) is 3.70. The van der Waals surface area contributed by atoms with Crippen molar-refractivity contribution in [3.63, 3.8) is 0 Å². The molecule has 0 aliphatic rings. The number of benzene rings is 1. The zero-order valence-electron chi connectivity index (χ0n) is 9.84. The van der Waals surface area contributed by atoms with Gasteiger partial charge in [-0.25, -0.2) is 4.98 Å². The summed E-state index contributed by atoms with van der Waals surface area (Å²) in [6.07, 6.45) is 1.71. The highest BCUT2D eigenvalue weighted by molar-refractivity contribution is 6.35. The van der Waals surface area contributed by atoms with E-state index >= 15 is 0 Å². The highest BCUT2D eigenvalue weighted by Gasteiger charge is 2.06. The molecule has 0 aliphatic carbocycles. The summed E-state index contributed by atoms with van der Waals surface area (Å²) in [6.45, 7) is 2.04. The Kier molecular flexibility index (Phi) is 4.04. The van der Waals surface area contributed by atoms with Gasteiger partial charge >= 0.3 is 0 Å². The minimum absolute atomic E-state index is 0.167. The van der Waals surface area contributed by atoms with Gasteiger partial charge in [-0.1, -0.05) is 36.5 Å². The van der Waals surface area contributed by atoms with Crippen LogP contribution < -0.4 is 5.56 Å². The van der Waals surface area contributed by atoms with Crippen molar-refractivity contribution in [3.05, 3.63) is 50.4 Å². The summed E-state index contributed by atoms with van der Waals surface area (Å²) in [5, 5.41) is 1.03. The number of halogens is 2. The minimum atomic E-state index is -0.167. The molecular formula is C13H12Cl2N2O. The fourth-order valence-electron chi connectivity index (χ4n) is 1.72. The summed E-state index contributed by atoms with van der Waals surface area (Å²) in [5.74, 6) is 0.496. The Morgan fingerprint density at radius 3 is 2.44 bits per heavy atom. The smallest absolute Gasteiger partial charge is 0.251 e. The number of aromatic amines is 1. The molecule has 0 amide bonds. The van der Waals surface area contributed by atoms with E-state index in [4.69, 9.17) is 23.2 Å². The standard InChI is InChI=1S/C13H12Cl2N2O/c1-2-3-11-7-12(18)17-13(16-11)8-4-9(14)6-10(15)5-8/h4-7H,2-3H2,1H3,(H,16,17,18). The van der Waals surface area contributed by atoms with Gasteiger partial charge in [0.05, 0.1) is 0 Å². The maximum atomic E-state index is 11.6. The molecule has 18 heavy (non-hydrogen) atoms. The molecule has 0 bridgehead atoms. The number of aromatic nitrogens is 2. The molecule has 0 atom stereocenters. The lowest BCUT2D eigenvalue weighted by molar-refractivity contribution is 0.870. The summed E-state index contributed by atoms with van der Waals surface area (Å²) < 4.78 is 0. The molecule has 1 aromatic heterocycles. The third-order valence-corrected chi connectivity index (χ3v) is 2.87. The molecule has 0 aliphatic heterocycles. The monoisotopic (exact) mass is 282 g/mol. The Labute approximate surface area is 115 Å². The number of rotatable bonds is 3. The molecule has 2 rings (SSSR count). The van der Waals surface area contributed by atoms with Gasteiger partial charge in [0, 0.05) is 27.4 Å². The second-order valence-corrected chi connectivity index (χ2v) is 4.87. The maximum absolute atomic E-state index is 11.6. The molecule has 94 valence electrons. The van der Waals surface area contributed by atoms with Crippen molar-refractivity contribution in [2.45, 2.75) is 19.8 Å². The quantitative estimate of drug-likeness (QED) is 0.933. The van der Waals surface area contributed by atoms with E-state index in [0.29, 0.717) is 21.4 Å². The molecule has 0 unspecified atom stereocenters. The van der Waals surface area contributed by atoms with Gasteiger partial charge < -0.3 is 4.98 Å². The molecule has 1 heterocycles. The Morgan fingerprint density at radius 1 is 1.17 bits per heavy atom. The highest BCUT2D eigenvalue weighted by Crippen LogP contribution is 2.24. The predicted molar refractivity (Wildman–Crippen MR) is 74.3 cm³/mol. The molecule has 5 heteroatoms. The number of hydrogen-bond acceptors (Lipinski definition) is 2. The van der Waals surface area contributed by atoms with Gasteiger partial charge in [-0.05, 0) is 24.6 Å². The van der Waals surface area contributed by atoms with E-state index in [9.17, 15) is 4.79 Å². The molecule has 0 saturated carbocycles. The second kappa shape index (κ2) is 5.55. The first kappa shape index (κ1) is 13.1. The summed E-state index contributed by atoms with van der Waals surface area (Å²) in [4.78, 5) is 18.7. The van der Waals surface area contributed by atoms with E-state index in [2.05, 4.69) is 9.97 Å². The third-order valence-electron chi connectivity index (χ3n) is 2.44. The Balaban J connectivity index is 2.52. The number of hydrogen-bond donors (Lipinski definition) is 1. The molecule has 2 aromatic rings. The molecule has 0 fully saturated rings. The summed E-state index contributed by atoms with van der Waals surface area (Å²) in [5.41, 5.74) is 1.31. The zero-order chi connectivity index (χ0) is 13.1. The van der Waals surface area contributed by atoms with Crippen molar-refractivity contribution in [1.29, 1.82) is 0 Å². The third kappa shape index (κ3) is 3.12. The van der Waals surface area contributed by atoms with E-state index in [1.165, 1.54) is 6.07 Å². The van der Waals surface area contributed by atoms with Crippen molar-refractivity contribution >= 4 is 23.2 Å². The van der Waals surface area contributed by atoms with Gasteiger partial charge in [0.2, 0.25) is 0 Å². The van der Waals surface area contributed by atoms with Crippen LogP contribution in [-0.4, -0.2) is 9.97 Å². The molecule has 0 saturated heterocycles. The first-order valence-corrected chi connectivity index (χ1v) is 6.41. The van der Waals surface area contributed by atoms with Crippen LogP contribution in [0.2, 0.25) is 10.0 Å². The van der Waals surface area contributed by atoms with Crippen molar-refractivity contribution in [2.24, 2.45) is 0 Å². The average Bonchev–Trinajstić information content (AvgIpc) is 2.27. The fraction of sp³-hybridized carbons (Fsp3) is 0.231. The van der Waals surface area contributed by atoms with Crippen LogP contribution in [0.1, 0.15) is 19.0 Å². The fourth-order valence-corrected chi connectivity index (χ4v) is 2.25.